The summed E-state index contributed by atoms with van der Waals surface area (Å²) in [7, 11) is 0. The Kier molecular flexibility index (Phi) is 4.93. The van der Waals surface area contributed by atoms with Gasteiger partial charge in [-0.05, 0) is 36.1 Å². The van der Waals surface area contributed by atoms with Crippen molar-refractivity contribution in [1.29, 1.82) is 0 Å². The molecule has 23 heavy (non-hydrogen) atoms. The minimum absolute atomic E-state index is 0.00422. The monoisotopic (exact) mass is 310 g/mol. The van der Waals surface area contributed by atoms with E-state index in [0.717, 1.165) is 18.7 Å². The Morgan fingerprint density at radius 1 is 1.26 bits per heavy atom. The average molecular weight is 310 g/mol. The van der Waals surface area contributed by atoms with Crippen LogP contribution in [0.15, 0.2) is 54.7 Å². The van der Waals surface area contributed by atoms with E-state index in [9.17, 15) is 9.90 Å². The van der Waals surface area contributed by atoms with Gasteiger partial charge in [0.15, 0.2) is 0 Å². The van der Waals surface area contributed by atoms with Crippen LogP contribution in [0.2, 0.25) is 0 Å². The summed E-state index contributed by atoms with van der Waals surface area (Å²) in [5.41, 5.74) is 2.16. The predicted octanol–water partition coefficient (Wildman–Crippen LogP) is 2.65. The molecule has 0 unspecified atom stereocenters. The van der Waals surface area contributed by atoms with Crippen molar-refractivity contribution in [3.8, 4) is 0 Å². The molecule has 1 aromatic carbocycles. The molecule has 2 aromatic rings. The van der Waals surface area contributed by atoms with Crippen molar-refractivity contribution in [1.82, 2.24) is 9.88 Å². The molecule has 1 saturated heterocycles. The molecule has 4 heteroatoms. The van der Waals surface area contributed by atoms with Crippen molar-refractivity contribution >= 4 is 12.0 Å². The summed E-state index contributed by atoms with van der Waals surface area (Å²) in [5.74, 6) is 0.413. The van der Waals surface area contributed by atoms with Crippen LogP contribution in [-0.4, -0.2) is 40.6 Å². The van der Waals surface area contributed by atoms with Gasteiger partial charge in [0.1, 0.15) is 0 Å². The molecule has 0 saturated carbocycles. The predicted molar refractivity (Wildman–Crippen MR) is 90.8 cm³/mol. The van der Waals surface area contributed by atoms with E-state index in [2.05, 4.69) is 17.1 Å². The van der Waals surface area contributed by atoms with E-state index < -0.39 is 0 Å². The van der Waals surface area contributed by atoms with Crippen molar-refractivity contribution in [2.75, 3.05) is 19.7 Å². The van der Waals surface area contributed by atoms with Gasteiger partial charge >= 0.3 is 0 Å². The quantitative estimate of drug-likeness (QED) is 0.853. The van der Waals surface area contributed by atoms with Crippen molar-refractivity contribution in [2.24, 2.45) is 5.92 Å². The number of carbonyl (C=O) groups is 1. The second kappa shape index (κ2) is 7.29. The summed E-state index contributed by atoms with van der Waals surface area (Å²) in [4.78, 5) is 17.2. The lowest BCUT2D eigenvalue weighted by atomic mass is 9.81. The largest absolute Gasteiger partial charge is 0.396 e. The maximum Gasteiger partial charge on any atom is 0.246 e. The fourth-order valence-electron chi connectivity index (χ4n) is 3.27. The van der Waals surface area contributed by atoms with Crippen molar-refractivity contribution in [3.05, 3.63) is 66.0 Å². The third-order valence-electron chi connectivity index (χ3n) is 4.54. The summed E-state index contributed by atoms with van der Waals surface area (Å²) < 4.78 is 0. The second-order valence-electron chi connectivity index (χ2n) is 5.99. The maximum absolute atomic E-state index is 12.3. The van der Waals surface area contributed by atoms with Crippen LogP contribution < -0.4 is 0 Å². The summed E-state index contributed by atoms with van der Waals surface area (Å²) >= 11 is 0. The molecular weight excluding hydrogens is 288 g/mol. The zero-order valence-corrected chi connectivity index (χ0v) is 13.1. The van der Waals surface area contributed by atoms with E-state index in [-0.39, 0.29) is 18.4 Å². The lowest BCUT2D eigenvalue weighted by Crippen LogP contribution is -2.43. The third-order valence-corrected chi connectivity index (χ3v) is 4.54. The van der Waals surface area contributed by atoms with E-state index in [4.69, 9.17) is 0 Å². The molecule has 2 N–H and O–H groups in total. The number of nitrogens with zero attached hydrogens (tertiary/aromatic N) is 1. The van der Waals surface area contributed by atoms with Crippen LogP contribution in [-0.2, 0) is 4.79 Å². The van der Waals surface area contributed by atoms with Crippen LogP contribution in [0.4, 0.5) is 0 Å². The standard InChI is InChI=1S/C19H22N2O2/c22-14-16-13-21(19(23)9-8-17-7-4-11-20-17)12-10-18(16)15-5-2-1-3-6-15/h1-9,11,16,18,20,22H,10,12-14H2/b9-8+/t16-,18+/m1/s1. The summed E-state index contributed by atoms with van der Waals surface area (Å²) in [5, 5.41) is 9.74. The minimum Gasteiger partial charge on any atom is -0.396 e. The number of aromatic amines is 1. The molecule has 1 fully saturated rings. The fraction of sp³-hybridized carbons (Fsp3) is 0.316. The number of likely N-dealkylation sites (tertiary alicyclic amines) is 1. The zero-order chi connectivity index (χ0) is 16.1. The van der Waals surface area contributed by atoms with E-state index in [0.29, 0.717) is 12.5 Å². The molecule has 120 valence electrons. The van der Waals surface area contributed by atoms with E-state index in [1.54, 1.807) is 12.2 Å². The lowest BCUT2D eigenvalue weighted by Gasteiger charge is -2.37. The highest BCUT2D eigenvalue weighted by Gasteiger charge is 2.31. The lowest BCUT2D eigenvalue weighted by molar-refractivity contribution is -0.128. The number of aliphatic hydroxyl groups excluding tert-OH is 1. The van der Waals surface area contributed by atoms with Gasteiger partial charge in [-0.25, -0.2) is 0 Å². The summed E-state index contributed by atoms with van der Waals surface area (Å²) in [6.07, 6.45) is 6.11. The van der Waals surface area contributed by atoms with Crippen molar-refractivity contribution < 1.29 is 9.90 Å². The Morgan fingerprint density at radius 2 is 2.09 bits per heavy atom. The number of hydrogen-bond acceptors (Lipinski definition) is 2. The molecule has 3 rings (SSSR count). The van der Waals surface area contributed by atoms with Crippen LogP contribution in [0, 0.1) is 5.92 Å². The first-order valence-corrected chi connectivity index (χ1v) is 8.04. The number of aromatic nitrogens is 1. The third kappa shape index (κ3) is 3.71. The Bertz CT molecular complexity index is 649. The SMILES string of the molecule is O=C(/C=C/c1ccc[nH]1)N1CC[C@@H](c2ccccc2)[C@@H](CO)C1. The molecule has 1 aromatic heterocycles. The zero-order valence-electron chi connectivity index (χ0n) is 13.1. The van der Waals surface area contributed by atoms with E-state index in [1.807, 2.05) is 41.4 Å². The molecule has 0 bridgehead atoms. The second-order valence-corrected chi connectivity index (χ2v) is 5.99. The molecular formula is C19H22N2O2. The van der Waals surface area contributed by atoms with Crippen LogP contribution in [0.25, 0.3) is 6.08 Å². The highest BCUT2D eigenvalue weighted by molar-refractivity contribution is 5.91. The Labute approximate surface area is 136 Å². The number of piperidine rings is 1. The van der Waals surface area contributed by atoms with Gasteiger partial charge < -0.3 is 15.0 Å². The van der Waals surface area contributed by atoms with Crippen LogP contribution >= 0.6 is 0 Å². The number of benzene rings is 1. The van der Waals surface area contributed by atoms with Gasteiger partial charge in [0.25, 0.3) is 0 Å². The van der Waals surface area contributed by atoms with E-state index in [1.165, 1.54) is 5.56 Å². The molecule has 1 amide bonds. The Balaban J connectivity index is 1.65. The molecule has 2 atom stereocenters. The number of amides is 1. The number of carbonyl (C=O) groups excluding carboxylic acids is 1. The maximum atomic E-state index is 12.3. The van der Waals surface area contributed by atoms with Gasteiger partial charge in [0, 0.05) is 43.6 Å². The van der Waals surface area contributed by atoms with Gasteiger partial charge in [-0.15, -0.1) is 0 Å². The molecule has 4 nitrogen and oxygen atoms in total. The minimum atomic E-state index is 0.00422. The van der Waals surface area contributed by atoms with Gasteiger partial charge in [0.05, 0.1) is 0 Å². The topological polar surface area (TPSA) is 56.3 Å². The van der Waals surface area contributed by atoms with Crippen molar-refractivity contribution in [2.45, 2.75) is 12.3 Å². The molecule has 0 aliphatic carbocycles. The smallest absolute Gasteiger partial charge is 0.246 e. The first-order valence-electron chi connectivity index (χ1n) is 8.04. The Morgan fingerprint density at radius 3 is 2.78 bits per heavy atom. The molecule has 1 aliphatic rings. The highest BCUT2D eigenvalue weighted by Crippen LogP contribution is 2.32. The summed E-state index contributed by atoms with van der Waals surface area (Å²) in [6.45, 7) is 1.43. The van der Waals surface area contributed by atoms with Crippen molar-refractivity contribution in [3.63, 3.8) is 0 Å². The van der Waals surface area contributed by atoms with E-state index >= 15 is 0 Å². The van der Waals surface area contributed by atoms with Crippen LogP contribution in [0.3, 0.4) is 0 Å². The number of H-pyrrole nitrogens is 1. The first kappa shape index (κ1) is 15.6. The molecule has 1 aliphatic heterocycles. The molecule has 0 spiro atoms. The van der Waals surface area contributed by atoms with Gasteiger partial charge in [-0.1, -0.05) is 30.3 Å². The molecule has 0 radical (unpaired) electrons. The van der Waals surface area contributed by atoms with Crippen LogP contribution in [0.5, 0.6) is 0 Å². The Hall–Kier alpha value is -2.33. The van der Waals surface area contributed by atoms with Gasteiger partial charge in [-0.2, -0.15) is 0 Å². The molecule has 2 heterocycles. The summed E-state index contributed by atoms with van der Waals surface area (Å²) in [6, 6.07) is 14.1. The first-order chi connectivity index (χ1) is 11.3. The van der Waals surface area contributed by atoms with Gasteiger partial charge in [-0.3, -0.25) is 4.79 Å². The number of rotatable bonds is 4. The fourth-order valence-corrected chi connectivity index (χ4v) is 3.27. The van der Waals surface area contributed by atoms with Gasteiger partial charge in [0.2, 0.25) is 5.91 Å². The number of hydrogen-bond donors (Lipinski definition) is 2. The normalized spacial score (nSPS) is 21.7. The number of nitrogens with one attached hydrogen (secondary N) is 1. The number of aliphatic hydroxyl groups is 1. The highest BCUT2D eigenvalue weighted by atomic mass is 16.3. The van der Waals surface area contributed by atoms with Crippen LogP contribution in [0.1, 0.15) is 23.6 Å². The average Bonchev–Trinajstić information content (AvgIpc) is 3.13.